The Morgan fingerprint density at radius 2 is 1.83 bits per heavy atom. The topological polar surface area (TPSA) is 125 Å². The second-order valence-electron chi connectivity index (χ2n) is 8.26. The van der Waals surface area contributed by atoms with Crippen molar-refractivity contribution in [1.82, 2.24) is 4.90 Å². The van der Waals surface area contributed by atoms with Crippen LogP contribution in [0, 0.1) is 33.3 Å². The number of carbonyl (C=O) groups is 3. The highest BCUT2D eigenvalue weighted by Gasteiger charge is 2.63. The molecule has 0 radical (unpaired) electrons. The van der Waals surface area contributed by atoms with Crippen molar-refractivity contribution in [3.8, 4) is 6.07 Å². The van der Waals surface area contributed by atoms with Gasteiger partial charge in [0, 0.05) is 28.9 Å². The first kappa shape index (κ1) is 22.8. The molecule has 0 aromatic heterocycles. The van der Waals surface area contributed by atoms with Gasteiger partial charge in [-0.3, -0.25) is 24.5 Å². The summed E-state index contributed by atoms with van der Waals surface area (Å²) in [6.45, 7) is 0. The van der Waals surface area contributed by atoms with Crippen molar-refractivity contribution in [1.29, 1.82) is 5.26 Å². The molecular weight excluding hydrogens is 495 g/mol. The average molecular weight is 509 g/mol. The zero-order valence-corrected chi connectivity index (χ0v) is 19.2. The molecule has 3 heterocycles. The number of hydrogen-bond acceptors (Lipinski definition) is 7. The average Bonchev–Trinajstić information content (AvgIpc) is 3.31. The summed E-state index contributed by atoms with van der Waals surface area (Å²) in [5.41, 5.74) is 0.197. The summed E-state index contributed by atoms with van der Waals surface area (Å²) in [7, 11) is 0. The molecule has 4 atom stereocenters. The smallest absolute Gasteiger partial charge is 0.270 e. The highest BCUT2D eigenvalue weighted by Crippen LogP contribution is 2.48. The van der Waals surface area contributed by atoms with E-state index in [1.54, 1.807) is 11.0 Å². The normalized spacial score (nSPS) is 24.7. The molecule has 9 nitrogen and oxygen atoms in total. The Morgan fingerprint density at radius 1 is 1.09 bits per heavy atom. The van der Waals surface area contributed by atoms with Gasteiger partial charge in [-0.15, -0.1) is 0 Å². The summed E-state index contributed by atoms with van der Waals surface area (Å²) in [5, 5.41) is 21.0. The molecule has 0 aliphatic carbocycles. The molecule has 3 aliphatic heterocycles. The molecule has 2 aromatic rings. The van der Waals surface area contributed by atoms with E-state index in [1.807, 2.05) is 6.07 Å². The molecule has 0 bridgehead atoms. The molecule has 0 unspecified atom stereocenters. The van der Waals surface area contributed by atoms with Crippen LogP contribution in [0.2, 0.25) is 10.0 Å². The Morgan fingerprint density at radius 3 is 2.51 bits per heavy atom. The molecule has 3 aliphatic rings. The lowest BCUT2D eigenvalue weighted by Gasteiger charge is -2.32. The molecule has 11 heteroatoms. The molecule has 0 N–H and O–H groups in total. The fraction of sp³-hybridized carbons (Fsp3) is 0.167. The number of fused-ring (bicyclic) bond motifs is 3. The third-order valence-corrected chi connectivity index (χ3v) is 6.98. The van der Waals surface area contributed by atoms with E-state index in [-0.39, 0.29) is 27.5 Å². The van der Waals surface area contributed by atoms with Crippen LogP contribution in [0.25, 0.3) is 0 Å². The lowest BCUT2D eigenvalue weighted by Crippen LogP contribution is -2.46. The van der Waals surface area contributed by atoms with E-state index < -0.39 is 46.4 Å². The van der Waals surface area contributed by atoms with Crippen molar-refractivity contribution in [2.75, 3.05) is 4.90 Å². The van der Waals surface area contributed by atoms with Gasteiger partial charge in [0.1, 0.15) is 6.04 Å². The molecule has 0 spiro atoms. The van der Waals surface area contributed by atoms with E-state index in [9.17, 15) is 29.8 Å². The number of imide groups is 1. The molecule has 174 valence electrons. The lowest BCUT2D eigenvalue weighted by molar-refractivity contribution is -0.384. The fourth-order valence-corrected chi connectivity index (χ4v) is 5.46. The number of ketones is 1. The predicted octanol–water partition coefficient (Wildman–Crippen LogP) is 3.92. The fourth-order valence-electron chi connectivity index (χ4n) is 4.96. The van der Waals surface area contributed by atoms with Crippen LogP contribution < -0.4 is 4.90 Å². The number of halogens is 2. The summed E-state index contributed by atoms with van der Waals surface area (Å²) in [6, 6.07) is 9.73. The number of nitrogens with zero attached hydrogens (tertiary/aromatic N) is 4. The van der Waals surface area contributed by atoms with Crippen LogP contribution in [0.3, 0.4) is 0 Å². The second kappa shape index (κ2) is 8.34. The first-order valence-electron chi connectivity index (χ1n) is 10.4. The van der Waals surface area contributed by atoms with Crippen molar-refractivity contribution in [3.63, 3.8) is 0 Å². The molecule has 5 rings (SSSR count). The third-order valence-electron chi connectivity index (χ3n) is 6.44. The van der Waals surface area contributed by atoms with E-state index in [4.69, 9.17) is 23.2 Å². The number of anilines is 1. The zero-order valence-electron chi connectivity index (χ0n) is 17.7. The van der Waals surface area contributed by atoms with Crippen molar-refractivity contribution in [2.24, 2.45) is 11.8 Å². The minimum Gasteiger partial charge on any atom is -0.359 e. The number of non-ortho nitro benzene ring substituents is 1. The quantitative estimate of drug-likeness (QED) is 0.265. The molecule has 0 saturated carbocycles. The molecular formula is C24H14Cl2N4O5. The summed E-state index contributed by atoms with van der Waals surface area (Å²) in [5.74, 6) is -3.78. The second-order valence-corrected chi connectivity index (χ2v) is 9.11. The number of rotatable bonds is 4. The maximum Gasteiger partial charge on any atom is 0.270 e. The summed E-state index contributed by atoms with van der Waals surface area (Å²) >= 11 is 12.2. The number of nitriles is 1. The van der Waals surface area contributed by atoms with E-state index in [0.29, 0.717) is 5.02 Å². The Balaban J connectivity index is 1.62. The highest BCUT2D eigenvalue weighted by molar-refractivity contribution is 6.38. The van der Waals surface area contributed by atoms with Gasteiger partial charge in [-0.1, -0.05) is 35.3 Å². The third kappa shape index (κ3) is 3.50. The number of hydrogen-bond donors (Lipinski definition) is 0. The van der Waals surface area contributed by atoms with Gasteiger partial charge in [-0.05, 0) is 30.4 Å². The van der Waals surface area contributed by atoms with Gasteiger partial charge in [0.15, 0.2) is 5.78 Å². The number of allylic oxidation sites excluding steroid dienone is 2. The number of carbonyl (C=O) groups excluding carboxylic acids is 3. The van der Waals surface area contributed by atoms with Crippen LogP contribution in [-0.4, -0.2) is 39.5 Å². The van der Waals surface area contributed by atoms with Gasteiger partial charge in [0.05, 0.1) is 45.2 Å². The highest BCUT2D eigenvalue weighted by atomic mass is 35.5. The maximum absolute atomic E-state index is 13.7. The van der Waals surface area contributed by atoms with Crippen LogP contribution in [-0.2, 0) is 9.59 Å². The molecule has 35 heavy (non-hydrogen) atoms. The van der Waals surface area contributed by atoms with E-state index >= 15 is 0 Å². The summed E-state index contributed by atoms with van der Waals surface area (Å²) < 4.78 is 0. The predicted molar refractivity (Wildman–Crippen MR) is 126 cm³/mol. The first-order valence-corrected chi connectivity index (χ1v) is 11.2. The van der Waals surface area contributed by atoms with Gasteiger partial charge in [0.2, 0.25) is 11.8 Å². The van der Waals surface area contributed by atoms with Crippen molar-refractivity contribution in [3.05, 3.63) is 92.1 Å². The van der Waals surface area contributed by atoms with Crippen LogP contribution in [0.5, 0.6) is 0 Å². The number of amides is 2. The van der Waals surface area contributed by atoms with Crippen LogP contribution in [0.15, 0.2) is 66.4 Å². The molecule has 2 amide bonds. The van der Waals surface area contributed by atoms with Gasteiger partial charge < -0.3 is 4.90 Å². The van der Waals surface area contributed by atoms with E-state index in [2.05, 4.69) is 0 Å². The van der Waals surface area contributed by atoms with Gasteiger partial charge in [0.25, 0.3) is 5.69 Å². The number of nitro groups is 1. The molecule has 2 fully saturated rings. The minimum absolute atomic E-state index is 0.0373. The molecule has 2 aromatic carbocycles. The maximum atomic E-state index is 13.7. The number of nitro benzene ring substituents is 1. The van der Waals surface area contributed by atoms with E-state index in [1.165, 1.54) is 48.7 Å². The van der Waals surface area contributed by atoms with Crippen LogP contribution in [0.4, 0.5) is 11.4 Å². The summed E-state index contributed by atoms with van der Waals surface area (Å²) in [6.07, 6.45) is 4.56. The first-order chi connectivity index (χ1) is 16.7. The Labute approximate surface area is 208 Å². The SMILES string of the molecule is N#CC1=C[C@@H]2[C@H]3C(=O)N(c4ccc(Cl)cc4Cl)C(=O)[C@@H]3[C@@H](C(=O)c3cccc([N+](=O)[O-])c3)N2C=C1. The Kier molecular flexibility index (Phi) is 5.43. The monoisotopic (exact) mass is 508 g/mol. The van der Waals surface area contributed by atoms with Crippen LogP contribution in [0.1, 0.15) is 10.4 Å². The van der Waals surface area contributed by atoms with Crippen molar-refractivity contribution in [2.45, 2.75) is 12.1 Å². The van der Waals surface area contributed by atoms with Crippen molar-refractivity contribution < 1.29 is 19.3 Å². The van der Waals surface area contributed by atoms with Crippen LogP contribution >= 0.6 is 23.2 Å². The largest absolute Gasteiger partial charge is 0.359 e. The van der Waals surface area contributed by atoms with E-state index in [0.717, 1.165) is 11.0 Å². The van der Waals surface area contributed by atoms with Gasteiger partial charge in [-0.2, -0.15) is 5.26 Å². The number of benzene rings is 2. The summed E-state index contributed by atoms with van der Waals surface area (Å²) in [4.78, 5) is 54.1. The Bertz CT molecular complexity index is 1430. The zero-order chi connectivity index (χ0) is 25.0. The van der Waals surface area contributed by atoms with Gasteiger partial charge >= 0.3 is 0 Å². The Hall–Kier alpha value is -4.00. The molecule has 2 saturated heterocycles. The minimum atomic E-state index is -1.12. The van der Waals surface area contributed by atoms with Gasteiger partial charge in [-0.25, -0.2) is 4.90 Å². The van der Waals surface area contributed by atoms with Crippen molar-refractivity contribution >= 4 is 52.2 Å². The number of Topliss-reactive ketones (excluding diaryl/α,β-unsaturated/α-hetero) is 1. The lowest BCUT2D eigenvalue weighted by atomic mass is 9.86. The standard InChI is InChI=1S/C24H14Cl2N4O5/c25-14-4-5-17(16(26)10-14)29-23(32)19-18-8-12(11-27)6-7-28(18)21(20(19)24(29)33)22(31)13-2-1-3-15(9-13)30(34)35/h1-10,18-21H/t18-,19-,20+,21+/m1/s1.